The average Bonchev–Trinajstić information content (AvgIpc) is 3.34. The zero-order chi connectivity index (χ0) is 23.7. The lowest BCUT2D eigenvalue weighted by atomic mass is 10.1. The van der Waals surface area contributed by atoms with Crippen molar-refractivity contribution in [2.75, 3.05) is 0 Å². The van der Waals surface area contributed by atoms with Gasteiger partial charge < -0.3 is 8.98 Å². The van der Waals surface area contributed by atoms with Gasteiger partial charge in [-0.2, -0.15) is 0 Å². The van der Waals surface area contributed by atoms with Crippen molar-refractivity contribution in [2.45, 2.75) is 13.3 Å². The summed E-state index contributed by atoms with van der Waals surface area (Å²) in [6.45, 7) is 10.4. The Hall–Kier alpha value is -4.48. The summed E-state index contributed by atoms with van der Waals surface area (Å²) in [5.41, 5.74) is 6.18. The summed E-state index contributed by atoms with van der Waals surface area (Å²) in [6, 6.07) is 21.0. The molecule has 164 valence electrons. The third-order valence-electron chi connectivity index (χ3n) is 6.12. The van der Waals surface area contributed by atoms with Crippen LogP contribution in [0.15, 0.2) is 102 Å². The average molecular weight is 440 g/mol. The van der Waals surface area contributed by atoms with Crippen LogP contribution in [0.5, 0.6) is 0 Å². The number of allylic oxidation sites excluding steroid dienone is 5. The molecule has 0 saturated carbocycles. The van der Waals surface area contributed by atoms with E-state index >= 15 is 0 Å². The first-order valence-corrected chi connectivity index (χ1v) is 11.3. The summed E-state index contributed by atoms with van der Waals surface area (Å²) < 4.78 is 8.44. The van der Waals surface area contributed by atoms with E-state index in [9.17, 15) is 0 Å². The molecule has 0 radical (unpaired) electrons. The van der Waals surface area contributed by atoms with Crippen LogP contribution >= 0.6 is 0 Å². The molecule has 2 aromatic heterocycles. The Bertz CT molecular complexity index is 1780. The first-order chi connectivity index (χ1) is 16.6. The fourth-order valence-corrected chi connectivity index (χ4v) is 4.49. The Labute approximate surface area is 199 Å². The summed E-state index contributed by atoms with van der Waals surface area (Å²) in [5.74, 6) is 2.56. The number of hydrogen-bond acceptors (Lipinski definition) is 1. The predicted molar refractivity (Wildman–Crippen MR) is 145 cm³/mol. The van der Waals surface area contributed by atoms with E-state index in [1.54, 1.807) is 6.08 Å². The van der Waals surface area contributed by atoms with Gasteiger partial charge in [0.25, 0.3) is 0 Å². The predicted octanol–water partition coefficient (Wildman–Crippen LogP) is 6.72. The lowest BCUT2D eigenvalue weighted by Crippen LogP contribution is -2.27. The Balaban J connectivity index is 1.81. The molecule has 0 atom stereocenters. The second kappa shape index (κ2) is 8.81. The fraction of sp³-hybridized carbons (Fsp3) is 0.0625. The van der Waals surface area contributed by atoms with Gasteiger partial charge in [0, 0.05) is 33.1 Å². The number of aryl methyl sites for hydroxylation is 1. The van der Waals surface area contributed by atoms with E-state index in [0.29, 0.717) is 0 Å². The van der Waals surface area contributed by atoms with Crippen LogP contribution in [0.1, 0.15) is 12.0 Å². The van der Waals surface area contributed by atoms with Crippen LogP contribution in [0.3, 0.4) is 0 Å². The molecule has 5 rings (SSSR count). The first kappa shape index (κ1) is 21.4. The summed E-state index contributed by atoms with van der Waals surface area (Å²) in [5, 5.41) is 5.36. The van der Waals surface area contributed by atoms with E-state index in [4.69, 9.17) is 10.8 Å². The third kappa shape index (κ3) is 3.68. The maximum absolute atomic E-state index is 6.18. The highest BCUT2D eigenvalue weighted by Gasteiger charge is 2.12. The topological polar surface area (TPSA) is 18.1 Å². The highest BCUT2D eigenvalue weighted by atomic mass is 16.3. The Morgan fingerprint density at radius 2 is 1.82 bits per heavy atom. The molecule has 0 aliphatic carbocycles. The monoisotopic (exact) mass is 439 g/mol. The number of benzene rings is 3. The smallest absolute Gasteiger partial charge is 0.137 e. The maximum Gasteiger partial charge on any atom is 0.137 e. The SMILES string of the molecule is C#C\C=C/C(=C/C=c1\c(=C)c2ccc(C)cc2n1-c1ccc2c(c1)oc1ccccc12)CC=C. The largest absolute Gasteiger partial charge is 0.456 e. The number of fused-ring (bicyclic) bond motifs is 4. The molecule has 0 N–H and O–H groups in total. The minimum atomic E-state index is 0.728. The van der Waals surface area contributed by atoms with Crippen molar-refractivity contribution in [3.63, 3.8) is 0 Å². The summed E-state index contributed by atoms with van der Waals surface area (Å²) in [4.78, 5) is 0. The van der Waals surface area contributed by atoms with Crippen LogP contribution in [-0.2, 0) is 0 Å². The van der Waals surface area contributed by atoms with Gasteiger partial charge in [0.1, 0.15) is 11.2 Å². The molecule has 34 heavy (non-hydrogen) atoms. The molecule has 0 saturated heterocycles. The van der Waals surface area contributed by atoms with Crippen molar-refractivity contribution in [1.29, 1.82) is 0 Å². The lowest BCUT2D eigenvalue weighted by Gasteiger charge is -2.07. The first-order valence-electron chi connectivity index (χ1n) is 11.3. The Kier molecular flexibility index (Phi) is 5.54. The van der Waals surface area contributed by atoms with Crippen LogP contribution in [0, 0.1) is 19.3 Å². The zero-order valence-corrected chi connectivity index (χ0v) is 19.2. The minimum Gasteiger partial charge on any atom is -0.456 e. The summed E-state index contributed by atoms with van der Waals surface area (Å²) in [7, 11) is 0. The Morgan fingerprint density at radius 3 is 2.65 bits per heavy atom. The van der Waals surface area contributed by atoms with E-state index in [2.05, 4.69) is 85.2 Å². The van der Waals surface area contributed by atoms with Gasteiger partial charge in [0.15, 0.2) is 0 Å². The standard InChI is InChI=1S/C32H25NO/c1-5-7-11-24(10-6-2)15-19-29-23(4)26-17-14-22(3)20-30(26)33(29)25-16-18-28-27-12-8-9-13-31(27)34-32(28)21-25/h1,6-9,11-21H,2,4,10H2,3H3/b11-7-,24-15+,29-19+. The van der Waals surface area contributed by atoms with E-state index in [1.807, 2.05) is 30.4 Å². The number of rotatable bonds is 5. The van der Waals surface area contributed by atoms with Gasteiger partial charge >= 0.3 is 0 Å². The molecule has 2 heteroatoms. The van der Waals surface area contributed by atoms with Crippen molar-refractivity contribution < 1.29 is 4.42 Å². The molecule has 2 heterocycles. The van der Waals surface area contributed by atoms with Crippen molar-refractivity contribution >= 4 is 45.5 Å². The highest BCUT2D eigenvalue weighted by molar-refractivity contribution is 6.05. The number of nitrogens with zero attached hydrogens (tertiary/aromatic N) is 1. The van der Waals surface area contributed by atoms with Gasteiger partial charge in [-0.25, -0.2) is 0 Å². The van der Waals surface area contributed by atoms with Gasteiger partial charge in [-0.1, -0.05) is 61.1 Å². The molecule has 0 bridgehead atoms. The van der Waals surface area contributed by atoms with Crippen LogP contribution in [0.25, 0.3) is 51.2 Å². The van der Waals surface area contributed by atoms with Gasteiger partial charge in [0.2, 0.25) is 0 Å². The van der Waals surface area contributed by atoms with Crippen LogP contribution in [-0.4, -0.2) is 4.57 Å². The normalized spacial score (nSPS) is 12.8. The fourth-order valence-electron chi connectivity index (χ4n) is 4.49. The van der Waals surface area contributed by atoms with Crippen molar-refractivity contribution in [1.82, 2.24) is 4.57 Å². The third-order valence-corrected chi connectivity index (χ3v) is 6.12. The van der Waals surface area contributed by atoms with Crippen molar-refractivity contribution in [3.05, 3.63) is 113 Å². The van der Waals surface area contributed by atoms with E-state index in [0.717, 1.165) is 61.1 Å². The summed E-state index contributed by atoms with van der Waals surface area (Å²) >= 11 is 0. The van der Waals surface area contributed by atoms with Crippen LogP contribution < -0.4 is 10.6 Å². The quantitative estimate of drug-likeness (QED) is 0.169. The molecule has 0 spiro atoms. The number of furan rings is 1. The molecule has 5 aromatic rings. The second-order valence-electron chi connectivity index (χ2n) is 8.40. The van der Waals surface area contributed by atoms with Crippen molar-refractivity contribution in [3.8, 4) is 18.0 Å². The van der Waals surface area contributed by atoms with Gasteiger partial charge in [-0.05, 0) is 60.9 Å². The zero-order valence-electron chi connectivity index (χ0n) is 19.2. The molecule has 2 nitrogen and oxygen atoms in total. The Morgan fingerprint density at radius 1 is 1.03 bits per heavy atom. The van der Waals surface area contributed by atoms with E-state index in [1.165, 1.54) is 5.56 Å². The van der Waals surface area contributed by atoms with Crippen molar-refractivity contribution in [2.24, 2.45) is 0 Å². The number of terminal acetylenes is 1. The van der Waals surface area contributed by atoms with Gasteiger partial charge in [-0.3, -0.25) is 0 Å². The molecule has 0 aliphatic rings. The van der Waals surface area contributed by atoms with Gasteiger partial charge in [0.05, 0.1) is 10.9 Å². The molecular weight excluding hydrogens is 414 g/mol. The number of aromatic nitrogens is 1. The molecule has 3 aromatic carbocycles. The minimum absolute atomic E-state index is 0.728. The van der Waals surface area contributed by atoms with E-state index in [-0.39, 0.29) is 0 Å². The maximum atomic E-state index is 6.18. The molecule has 0 amide bonds. The highest BCUT2D eigenvalue weighted by Crippen LogP contribution is 2.30. The summed E-state index contributed by atoms with van der Waals surface area (Å²) in [6.07, 6.45) is 15.9. The number of hydrogen-bond donors (Lipinski definition) is 0. The lowest BCUT2D eigenvalue weighted by molar-refractivity contribution is 0.668. The van der Waals surface area contributed by atoms with Gasteiger partial charge in [-0.15, -0.1) is 13.0 Å². The second-order valence-corrected chi connectivity index (χ2v) is 8.40. The molecule has 0 unspecified atom stereocenters. The molecular formula is C32H25NO. The van der Waals surface area contributed by atoms with E-state index < -0.39 is 0 Å². The van der Waals surface area contributed by atoms with Crippen LogP contribution in [0.2, 0.25) is 0 Å². The molecule has 0 fully saturated rings. The number of para-hydroxylation sites is 1. The molecule has 0 aliphatic heterocycles. The van der Waals surface area contributed by atoms with Crippen LogP contribution in [0.4, 0.5) is 0 Å².